The summed E-state index contributed by atoms with van der Waals surface area (Å²) in [5.41, 5.74) is 0. The lowest BCUT2D eigenvalue weighted by Gasteiger charge is -2.27. The summed E-state index contributed by atoms with van der Waals surface area (Å²) in [6, 6.07) is 7.32. The largest absolute Gasteiger partial charge is 0.481 e. The van der Waals surface area contributed by atoms with Crippen LogP contribution in [0.15, 0.2) is 28.7 Å². The van der Waals surface area contributed by atoms with Crippen LogP contribution in [0.1, 0.15) is 28.3 Å². The number of aryl methyl sites for hydroxylation is 1. The predicted octanol–water partition coefficient (Wildman–Crippen LogP) is 3.17. The zero-order valence-corrected chi connectivity index (χ0v) is 14.8. The topological polar surface area (TPSA) is 88.8 Å². The Balaban J connectivity index is 1.61. The number of furan rings is 1. The molecule has 1 unspecified atom stereocenters. The molecule has 6 nitrogen and oxygen atoms in total. The minimum atomic E-state index is -0.870. The molecule has 1 fully saturated rings. The summed E-state index contributed by atoms with van der Waals surface area (Å²) >= 11 is 1.33. The second-order valence-electron chi connectivity index (χ2n) is 6.18. The Labute approximate surface area is 149 Å². The first-order valence-corrected chi connectivity index (χ1v) is 9.11. The van der Waals surface area contributed by atoms with Gasteiger partial charge in [0.1, 0.15) is 11.5 Å². The normalized spacial score (nSPS) is 16.5. The van der Waals surface area contributed by atoms with Crippen molar-refractivity contribution in [1.29, 1.82) is 0 Å². The number of carboxylic acid groups (broad SMARTS) is 1. The Morgan fingerprint density at radius 3 is 2.68 bits per heavy atom. The van der Waals surface area contributed by atoms with Crippen LogP contribution < -0.4 is 5.32 Å². The molecular formula is C18H21NO5S. The van der Waals surface area contributed by atoms with Crippen molar-refractivity contribution in [3.05, 3.63) is 34.9 Å². The summed E-state index contributed by atoms with van der Waals surface area (Å²) in [4.78, 5) is 25.3. The highest BCUT2D eigenvalue weighted by atomic mass is 32.1. The molecule has 0 aliphatic carbocycles. The molecule has 2 aromatic heterocycles. The van der Waals surface area contributed by atoms with E-state index in [1.165, 1.54) is 11.3 Å². The summed E-state index contributed by atoms with van der Waals surface area (Å²) in [5, 5.41) is 12.2. The molecule has 1 saturated heterocycles. The van der Waals surface area contributed by atoms with Gasteiger partial charge in [-0.15, -0.1) is 11.3 Å². The van der Waals surface area contributed by atoms with Gasteiger partial charge in [0.15, 0.2) is 0 Å². The van der Waals surface area contributed by atoms with Crippen molar-refractivity contribution in [2.75, 3.05) is 19.8 Å². The number of rotatable bonds is 6. The molecule has 0 saturated carbocycles. The Bertz CT molecular complexity index is 744. The number of thiophene rings is 1. The van der Waals surface area contributed by atoms with Gasteiger partial charge in [-0.3, -0.25) is 9.59 Å². The fraction of sp³-hybridized carbons (Fsp3) is 0.444. The van der Waals surface area contributed by atoms with E-state index in [2.05, 4.69) is 5.32 Å². The van der Waals surface area contributed by atoms with Gasteiger partial charge in [-0.25, -0.2) is 0 Å². The van der Waals surface area contributed by atoms with Crippen molar-refractivity contribution in [2.45, 2.75) is 19.8 Å². The van der Waals surface area contributed by atoms with Crippen LogP contribution in [-0.4, -0.2) is 36.7 Å². The standard InChI is InChI=1S/C18H21NO5S/c1-11-2-3-14(24-11)15-4-5-16(25-15)17(20)19-10-13(18(21)22)12-6-8-23-9-7-12/h2-5,12-13H,6-10H2,1H3,(H,19,20)(H,21,22). The molecule has 0 radical (unpaired) electrons. The number of carbonyl (C=O) groups is 2. The number of nitrogens with one attached hydrogen (secondary N) is 1. The van der Waals surface area contributed by atoms with Crippen molar-refractivity contribution in [2.24, 2.45) is 11.8 Å². The summed E-state index contributed by atoms with van der Waals surface area (Å²) in [7, 11) is 0. The Kier molecular flexibility index (Phi) is 5.55. The molecule has 1 aliphatic rings. The summed E-state index contributed by atoms with van der Waals surface area (Å²) in [5.74, 6) is -0.123. The molecule has 25 heavy (non-hydrogen) atoms. The smallest absolute Gasteiger partial charge is 0.308 e. The third-order valence-corrected chi connectivity index (χ3v) is 5.55. The molecule has 7 heteroatoms. The predicted molar refractivity (Wildman–Crippen MR) is 93.8 cm³/mol. The van der Waals surface area contributed by atoms with Gasteiger partial charge in [-0.05, 0) is 49.9 Å². The average molecular weight is 363 g/mol. The van der Waals surface area contributed by atoms with Crippen molar-refractivity contribution in [1.82, 2.24) is 5.32 Å². The van der Waals surface area contributed by atoms with E-state index >= 15 is 0 Å². The molecule has 0 spiro atoms. The van der Waals surface area contributed by atoms with Crippen molar-refractivity contribution < 1.29 is 23.8 Å². The van der Waals surface area contributed by atoms with Crippen molar-refractivity contribution in [3.63, 3.8) is 0 Å². The van der Waals surface area contributed by atoms with Crippen LogP contribution in [0, 0.1) is 18.8 Å². The lowest BCUT2D eigenvalue weighted by atomic mass is 9.86. The maximum Gasteiger partial charge on any atom is 0.308 e. The number of hydrogen-bond acceptors (Lipinski definition) is 5. The monoisotopic (exact) mass is 363 g/mol. The SMILES string of the molecule is Cc1ccc(-c2ccc(C(=O)NCC(C(=O)O)C3CCOCC3)s2)o1. The molecule has 134 valence electrons. The summed E-state index contributed by atoms with van der Waals surface area (Å²) in [6.45, 7) is 3.16. The van der Waals surface area contributed by atoms with Crippen LogP contribution >= 0.6 is 11.3 Å². The average Bonchev–Trinajstić information content (AvgIpc) is 3.24. The van der Waals surface area contributed by atoms with E-state index in [-0.39, 0.29) is 18.4 Å². The van der Waals surface area contributed by atoms with E-state index in [0.29, 0.717) is 30.9 Å². The van der Waals surface area contributed by atoms with Gasteiger partial charge < -0.3 is 19.6 Å². The maximum absolute atomic E-state index is 12.4. The van der Waals surface area contributed by atoms with E-state index in [0.717, 1.165) is 16.4 Å². The van der Waals surface area contributed by atoms with Crippen LogP contribution in [0.4, 0.5) is 0 Å². The highest BCUT2D eigenvalue weighted by Crippen LogP contribution is 2.29. The number of aliphatic carboxylic acids is 1. The van der Waals surface area contributed by atoms with Crippen LogP contribution in [0.5, 0.6) is 0 Å². The quantitative estimate of drug-likeness (QED) is 0.823. The van der Waals surface area contributed by atoms with Gasteiger partial charge in [0.05, 0.1) is 15.7 Å². The van der Waals surface area contributed by atoms with E-state index in [9.17, 15) is 14.7 Å². The molecule has 3 rings (SSSR count). The molecule has 2 aromatic rings. The molecule has 1 atom stereocenters. The Morgan fingerprint density at radius 2 is 2.04 bits per heavy atom. The third kappa shape index (κ3) is 4.29. The summed E-state index contributed by atoms with van der Waals surface area (Å²) in [6.07, 6.45) is 1.43. The zero-order valence-electron chi connectivity index (χ0n) is 14.0. The Hall–Kier alpha value is -2.12. The van der Waals surface area contributed by atoms with Gasteiger partial charge in [-0.1, -0.05) is 0 Å². The van der Waals surface area contributed by atoms with E-state index in [1.807, 2.05) is 25.1 Å². The van der Waals surface area contributed by atoms with Gasteiger partial charge >= 0.3 is 5.97 Å². The van der Waals surface area contributed by atoms with E-state index in [4.69, 9.17) is 9.15 Å². The zero-order chi connectivity index (χ0) is 17.8. The molecule has 2 N–H and O–H groups in total. The van der Waals surface area contributed by atoms with Gasteiger partial charge in [-0.2, -0.15) is 0 Å². The second-order valence-corrected chi connectivity index (χ2v) is 7.26. The molecule has 3 heterocycles. The number of hydrogen-bond donors (Lipinski definition) is 2. The number of ether oxygens (including phenoxy) is 1. The van der Waals surface area contributed by atoms with E-state index in [1.54, 1.807) is 6.07 Å². The summed E-state index contributed by atoms with van der Waals surface area (Å²) < 4.78 is 10.8. The Morgan fingerprint density at radius 1 is 1.28 bits per heavy atom. The van der Waals surface area contributed by atoms with Crippen molar-refractivity contribution in [3.8, 4) is 10.6 Å². The minimum Gasteiger partial charge on any atom is -0.481 e. The van der Waals surface area contributed by atoms with Gasteiger partial charge in [0, 0.05) is 19.8 Å². The first-order valence-electron chi connectivity index (χ1n) is 8.30. The second kappa shape index (κ2) is 7.84. The first kappa shape index (κ1) is 17.7. The molecule has 0 bridgehead atoms. The highest BCUT2D eigenvalue weighted by molar-refractivity contribution is 7.17. The van der Waals surface area contributed by atoms with Gasteiger partial charge in [0.2, 0.25) is 0 Å². The van der Waals surface area contributed by atoms with Gasteiger partial charge in [0.25, 0.3) is 5.91 Å². The van der Waals surface area contributed by atoms with Crippen molar-refractivity contribution >= 4 is 23.2 Å². The highest BCUT2D eigenvalue weighted by Gasteiger charge is 2.30. The minimum absolute atomic E-state index is 0.0385. The van der Waals surface area contributed by atoms with Crippen LogP contribution in [0.25, 0.3) is 10.6 Å². The lowest BCUT2D eigenvalue weighted by Crippen LogP contribution is -2.38. The third-order valence-electron chi connectivity index (χ3n) is 4.45. The number of carbonyl (C=O) groups excluding carboxylic acids is 1. The fourth-order valence-electron chi connectivity index (χ4n) is 3.02. The molecule has 1 aliphatic heterocycles. The number of amides is 1. The van der Waals surface area contributed by atoms with Crippen LogP contribution in [-0.2, 0) is 9.53 Å². The molecule has 1 amide bonds. The number of carboxylic acids is 1. The molecular weight excluding hydrogens is 342 g/mol. The van der Waals surface area contributed by atoms with Crippen LogP contribution in [0.3, 0.4) is 0 Å². The fourth-order valence-corrected chi connectivity index (χ4v) is 3.91. The van der Waals surface area contributed by atoms with Crippen LogP contribution in [0.2, 0.25) is 0 Å². The lowest BCUT2D eigenvalue weighted by molar-refractivity contribution is -0.144. The van der Waals surface area contributed by atoms with E-state index < -0.39 is 11.9 Å². The maximum atomic E-state index is 12.4. The first-order chi connectivity index (χ1) is 12.0. The molecule has 0 aromatic carbocycles.